The molecule has 11 heteroatoms. The minimum atomic E-state index is -5.76. The summed E-state index contributed by atoms with van der Waals surface area (Å²) in [5.74, 6) is 0.125. The molecule has 6 nitrogen and oxygen atoms in total. The zero-order valence-corrected chi connectivity index (χ0v) is 20.3. The Kier molecular flexibility index (Phi) is 5.32. The van der Waals surface area contributed by atoms with Gasteiger partial charge < -0.3 is 14.1 Å². The highest BCUT2D eigenvalue weighted by molar-refractivity contribution is 9.10. The lowest BCUT2D eigenvalue weighted by atomic mass is 9.63. The second-order valence-electron chi connectivity index (χ2n) is 9.75. The molecule has 0 radical (unpaired) electrons. The number of benzene rings is 1. The first-order valence-corrected chi connectivity index (χ1v) is 13.2. The third-order valence-electron chi connectivity index (χ3n) is 7.33. The molecule has 6 rings (SSSR count). The second kappa shape index (κ2) is 7.63. The number of aromatic nitrogens is 1. The predicted molar refractivity (Wildman–Crippen MR) is 120 cm³/mol. The highest BCUT2D eigenvalue weighted by Gasteiger charge is 2.54. The normalized spacial score (nSPS) is 30.1. The van der Waals surface area contributed by atoms with Crippen LogP contribution < -0.4 is 4.18 Å². The smallest absolute Gasteiger partial charge is 0.376 e. The second-order valence-corrected chi connectivity index (χ2v) is 13.0. The van der Waals surface area contributed by atoms with Crippen molar-refractivity contribution in [1.29, 1.82) is 0 Å². The number of nitrogens with zero attached hydrogens (tertiary/aromatic N) is 1. The van der Waals surface area contributed by atoms with Crippen LogP contribution in [0, 0.1) is 5.92 Å². The number of aromatic amines is 1. The van der Waals surface area contributed by atoms with Crippen LogP contribution in [0.4, 0.5) is 13.2 Å². The standard InChI is InChI=1S/C22H24BrF3N2O4S/c1-12(4-20(29)28-14-5-13-6-15(28)10-21(23,8-13)9-14)18-11-27-19-3-2-16(7-17(18)19)32-33(30,31)22(24,25)26/h2-3,7,11-15,27H,4-6,8-10H2,1H3. The molecule has 2 aliphatic carbocycles. The van der Waals surface area contributed by atoms with Gasteiger partial charge in [0.05, 0.1) is 0 Å². The van der Waals surface area contributed by atoms with Crippen molar-refractivity contribution in [3.05, 3.63) is 30.0 Å². The number of piperidine rings is 2. The maximum absolute atomic E-state index is 13.3. The predicted octanol–water partition coefficient (Wildman–Crippen LogP) is 5.20. The van der Waals surface area contributed by atoms with Crippen molar-refractivity contribution >= 4 is 42.9 Å². The molecule has 1 aromatic carbocycles. The largest absolute Gasteiger partial charge is 0.534 e. The molecule has 1 amide bonds. The summed E-state index contributed by atoms with van der Waals surface area (Å²) in [5, 5.41) is 0.532. The van der Waals surface area contributed by atoms with Gasteiger partial charge in [0, 0.05) is 39.9 Å². The van der Waals surface area contributed by atoms with Gasteiger partial charge >= 0.3 is 15.6 Å². The number of halogens is 4. The van der Waals surface area contributed by atoms with Crippen LogP contribution in [0.5, 0.6) is 5.75 Å². The topological polar surface area (TPSA) is 79.5 Å². The number of hydrogen-bond acceptors (Lipinski definition) is 4. The van der Waals surface area contributed by atoms with Crippen molar-refractivity contribution in [3.8, 4) is 5.75 Å². The molecule has 33 heavy (non-hydrogen) atoms. The van der Waals surface area contributed by atoms with Gasteiger partial charge in [0.2, 0.25) is 5.91 Å². The molecular weight excluding hydrogens is 525 g/mol. The van der Waals surface area contributed by atoms with Gasteiger partial charge in [-0.15, -0.1) is 0 Å². The molecule has 1 N–H and O–H groups in total. The van der Waals surface area contributed by atoms with E-state index in [4.69, 9.17) is 0 Å². The first-order valence-electron chi connectivity index (χ1n) is 11.0. The lowest BCUT2D eigenvalue weighted by Crippen LogP contribution is -2.64. The Hall–Kier alpha value is -1.75. The van der Waals surface area contributed by atoms with Crippen molar-refractivity contribution < 1.29 is 30.6 Å². The van der Waals surface area contributed by atoms with E-state index in [2.05, 4.69) is 30.0 Å². The number of hydrogen-bond donors (Lipinski definition) is 1. The molecule has 2 aliphatic heterocycles. The van der Waals surface area contributed by atoms with Gasteiger partial charge in [-0.3, -0.25) is 4.79 Å². The first-order chi connectivity index (χ1) is 15.4. The van der Waals surface area contributed by atoms with Gasteiger partial charge in [-0.2, -0.15) is 21.6 Å². The molecule has 1 aromatic heterocycles. The molecule has 180 valence electrons. The van der Waals surface area contributed by atoms with Gasteiger partial charge in [0.1, 0.15) is 5.75 Å². The molecular formula is C22H24BrF3N2O4S. The van der Waals surface area contributed by atoms with Crippen molar-refractivity contribution in [2.45, 2.75) is 73.3 Å². The third-order valence-corrected chi connectivity index (χ3v) is 9.28. The van der Waals surface area contributed by atoms with Crippen LogP contribution in [0.15, 0.2) is 24.4 Å². The number of carbonyl (C=O) groups excluding carboxylic acids is 1. The van der Waals surface area contributed by atoms with Gasteiger partial charge in [-0.1, -0.05) is 22.9 Å². The molecule has 3 heterocycles. The quantitative estimate of drug-likeness (QED) is 0.316. The van der Waals surface area contributed by atoms with Crippen molar-refractivity contribution in [2.75, 3.05) is 0 Å². The van der Waals surface area contributed by atoms with E-state index in [9.17, 15) is 26.4 Å². The van der Waals surface area contributed by atoms with E-state index >= 15 is 0 Å². The number of alkyl halides is 4. The Labute approximate surface area is 198 Å². The van der Waals surface area contributed by atoms with Gasteiger partial charge in [-0.25, -0.2) is 0 Å². The average molecular weight is 549 g/mol. The van der Waals surface area contributed by atoms with E-state index in [-0.39, 0.29) is 34.7 Å². The van der Waals surface area contributed by atoms with Crippen molar-refractivity contribution in [3.63, 3.8) is 0 Å². The number of fused-ring (bicyclic) bond motifs is 1. The maximum Gasteiger partial charge on any atom is 0.534 e. The highest BCUT2D eigenvalue weighted by Crippen LogP contribution is 2.55. The minimum Gasteiger partial charge on any atom is -0.376 e. The third kappa shape index (κ3) is 4.05. The fraction of sp³-hybridized carbons (Fsp3) is 0.591. The number of carbonyl (C=O) groups is 1. The zero-order chi connectivity index (χ0) is 23.8. The fourth-order valence-electron chi connectivity index (χ4n) is 6.17. The Balaban J connectivity index is 1.35. The Morgan fingerprint density at radius 1 is 1.27 bits per heavy atom. The molecule has 4 bridgehead atoms. The Bertz CT molecular complexity index is 1200. The summed E-state index contributed by atoms with van der Waals surface area (Å²) in [6.45, 7) is 1.89. The summed E-state index contributed by atoms with van der Waals surface area (Å²) in [6.07, 6.45) is 7.21. The number of rotatable bonds is 5. The minimum absolute atomic E-state index is 0.0915. The van der Waals surface area contributed by atoms with Crippen LogP contribution in [-0.4, -0.2) is 46.1 Å². The van der Waals surface area contributed by atoms with E-state index in [0.717, 1.165) is 37.3 Å². The van der Waals surface area contributed by atoms with E-state index < -0.39 is 21.4 Å². The van der Waals surface area contributed by atoms with Crippen LogP contribution in [0.1, 0.15) is 56.9 Å². The van der Waals surface area contributed by atoms with E-state index in [1.807, 2.05) is 6.92 Å². The lowest BCUT2D eigenvalue weighted by Gasteiger charge is -2.60. The molecule has 2 saturated heterocycles. The van der Waals surface area contributed by atoms with Gasteiger partial charge in [0.25, 0.3) is 0 Å². The summed E-state index contributed by atoms with van der Waals surface area (Å²) in [6, 6.07) is 4.41. The van der Waals surface area contributed by atoms with Gasteiger partial charge in [0.15, 0.2) is 0 Å². The van der Waals surface area contributed by atoms with Crippen molar-refractivity contribution in [1.82, 2.24) is 9.88 Å². The SMILES string of the molecule is CC(CC(=O)N1C2CC3CC1CC(Br)(C3)C2)c1c[nH]c2ccc(OS(=O)(=O)C(F)(F)F)cc12. The number of nitrogens with one attached hydrogen (secondary N) is 1. The lowest BCUT2D eigenvalue weighted by molar-refractivity contribution is -0.147. The first kappa shape index (κ1) is 23.0. The van der Waals surface area contributed by atoms with E-state index in [0.29, 0.717) is 16.8 Å². The fourth-order valence-corrected chi connectivity index (χ4v) is 7.83. The summed E-state index contributed by atoms with van der Waals surface area (Å²) >= 11 is 3.92. The molecule has 3 atom stereocenters. The van der Waals surface area contributed by atoms with Crippen LogP contribution in [0.2, 0.25) is 0 Å². The maximum atomic E-state index is 13.3. The van der Waals surface area contributed by atoms with E-state index in [1.54, 1.807) is 6.20 Å². The van der Waals surface area contributed by atoms with Crippen LogP contribution >= 0.6 is 15.9 Å². The molecule has 3 unspecified atom stereocenters. The summed E-state index contributed by atoms with van der Waals surface area (Å²) in [7, 11) is -5.76. The summed E-state index contributed by atoms with van der Waals surface area (Å²) in [4.78, 5) is 18.4. The molecule has 2 saturated carbocycles. The zero-order valence-electron chi connectivity index (χ0n) is 17.9. The van der Waals surface area contributed by atoms with Crippen LogP contribution in [-0.2, 0) is 14.9 Å². The average Bonchev–Trinajstić information content (AvgIpc) is 3.08. The highest BCUT2D eigenvalue weighted by atomic mass is 79.9. The summed E-state index contributed by atoms with van der Waals surface area (Å²) < 4.78 is 65.2. The van der Waals surface area contributed by atoms with Crippen LogP contribution in [0.25, 0.3) is 10.9 Å². The molecule has 2 aromatic rings. The van der Waals surface area contributed by atoms with Gasteiger partial charge in [-0.05, 0) is 67.7 Å². The number of amides is 1. The van der Waals surface area contributed by atoms with Crippen LogP contribution in [0.3, 0.4) is 0 Å². The molecule has 4 fully saturated rings. The van der Waals surface area contributed by atoms with E-state index in [1.165, 1.54) is 18.6 Å². The number of H-pyrrole nitrogens is 1. The molecule has 4 aliphatic rings. The Morgan fingerprint density at radius 3 is 2.55 bits per heavy atom. The molecule has 0 spiro atoms. The monoisotopic (exact) mass is 548 g/mol. The van der Waals surface area contributed by atoms with Crippen molar-refractivity contribution in [2.24, 2.45) is 5.92 Å². The Morgan fingerprint density at radius 2 is 1.94 bits per heavy atom. The summed E-state index contributed by atoms with van der Waals surface area (Å²) in [5.41, 5.74) is -4.16.